The molecule has 0 aliphatic heterocycles. The van der Waals surface area contributed by atoms with E-state index >= 15 is 0 Å². The predicted octanol–water partition coefficient (Wildman–Crippen LogP) is 3.91. The van der Waals surface area contributed by atoms with E-state index in [9.17, 15) is 4.79 Å². The number of thioether (sulfide) groups is 1. The van der Waals surface area contributed by atoms with Crippen molar-refractivity contribution < 1.29 is 4.74 Å². The van der Waals surface area contributed by atoms with Crippen molar-refractivity contribution in [3.05, 3.63) is 82.9 Å². The van der Waals surface area contributed by atoms with Crippen LogP contribution < -0.4 is 5.56 Å². The van der Waals surface area contributed by atoms with E-state index in [0.717, 1.165) is 28.3 Å². The van der Waals surface area contributed by atoms with Crippen molar-refractivity contribution in [2.24, 2.45) is 0 Å². The van der Waals surface area contributed by atoms with Gasteiger partial charge in [-0.1, -0.05) is 42.1 Å². The zero-order chi connectivity index (χ0) is 20.1. The quantitative estimate of drug-likeness (QED) is 0.252. The second kappa shape index (κ2) is 9.07. The third-order valence-electron chi connectivity index (χ3n) is 4.58. The number of ether oxygens (including phenoxy) is 1. The number of methoxy groups -OCH3 is 1. The van der Waals surface area contributed by atoms with Crippen LogP contribution in [0.25, 0.3) is 16.6 Å². The Morgan fingerprint density at radius 3 is 2.69 bits per heavy atom. The summed E-state index contributed by atoms with van der Waals surface area (Å²) in [5.41, 5.74) is 2.81. The summed E-state index contributed by atoms with van der Waals surface area (Å²) in [6.45, 7) is 1.18. The van der Waals surface area contributed by atoms with Crippen LogP contribution in [0.15, 0.2) is 76.9 Å². The molecule has 0 fully saturated rings. The highest BCUT2D eigenvalue weighted by molar-refractivity contribution is 7.98. The molecule has 0 N–H and O–H groups in total. The van der Waals surface area contributed by atoms with Gasteiger partial charge in [0.15, 0.2) is 5.16 Å². The molecular formula is C22H22N4O2S. The number of hydrogen-bond acceptors (Lipinski definition) is 5. The van der Waals surface area contributed by atoms with E-state index in [4.69, 9.17) is 9.72 Å². The number of benzene rings is 2. The molecule has 0 saturated heterocycles. The van der Waals surface area contributed by atoms with Gasteiger partial charge in [0, 0.05) is 37.8 Å². The zero-order valence-electron chi connectivity index (χ0n) is 16.2. The third-order valence-corrected chi connectivity index (χ3v) is 5.63. The number of nitrogens with zero attached hydrogens (tertiary/aromatic N) is 4. The summed E-state index contributed by atoms with van der Waals surface area (Å²) < 4.78 is 8.77. The summed E-state index contributed by atoms with van der Waals surface area (Å²) in [5, 5.41) is 5.81. The smallest absolute Gasteiger partial charge is 0.262 e. The van der Waals surface area contributed by atoms with Gasteiger partial charge in [0.25, 0.3) is 5.56 Å². The van der Waals surface area contributed by atoms with Crippen molar-refractivity contribution in [3.8, 4) is 5.69 Å². The van der Waals surface area contributed by atoms with E-state index in [1.807, 2.05) is 71.7 Å². The van der Waals surface area contributed by atoms with Gasteiger partial charge in [0.2, 0.25) is 0 Å². The summed E-state index contributed by atoms with van der Waals surface area (Å²) in [6.07, 6.45) is 4.63. The normalized spacial score (nSPS) is 11.2. The van der Waals surface area contributed by atoms with E-state index in [-0.39, 0.29) is 5.56 Å². The lowest BCUT2D eigenvalue weighted by Gasteiger charge is -2.12. The van der Waals surface area contributed by atoms with Crippen LogP contribution in [-0.4, -0.2) is 33.0 Å². The Balaban J connectivity index is 1.59. The Morgan fingerprint density at radius 1 is 1.07 bits per heavy atom. The number of para-hydroxylation sites is 2. The molecule has 2 heterocycles. The molecule has 2 aromatic heterocycles. The lowest BCUT2D eigenvalue weighted by Crippen LogP contribution is -2.24. The monoisotopic (exact) mass is 406 g/mol. The van der Waals surface area contributed by atoms with Gasteiger partial charge in [0.1, 0.15) is 0 Å². The average molecular weight is 407 g/mol. The molecule has 0 saturated carbocycles. The predicted molar refractivity (Wildman–Crippen MR) is 116 cm³/mol. The molecule has 0 unspecified atom stereocenters. The van der Waals surface area contributed by atoms with Crippen molar-refractivity contribution in [3.63, 3.8) is 0 Å². The molecule has 2 aromatic carbocycles. The molecule has 0 atom stereocenters. The maximum atomic E-state index is 13.0. The largest absolute Gasteiger partial charge is 0.385 e. The van der Waals surface area contributed by atoms with Crippen molar-refractivity contribution >= 4 is 22.7 Å². The zero-order valence-corrected chi connectivity index (χ0v) is 17.0. The average Bonchev–Trinajstić information content (AvgIpc) is 3.24. The molecule has 0 spiro atoms. The van der Waals surface area contributed by atoms with Crippen LogP contribution in [-0.2, 0) is 17.0 Å². The number of fused-ring (bicyclic) bond motifs is 1. The summed E-state index contributed by atoms with van der Waals surface area (Å²) in [4.78, 5) is 17.7. The Labute approximate surface area is 173 Å². The standard InChI is InChI=1S/C22H22N4O2S/c1-28-13-7-12-25-21(27)19-10-5-6-11-20(19)24-22(25)29-16-17-14-23-26(15-17)18-8-3-2-4-9-18/h2-6,8-11,14-15H,7,12-13,16H2,1H3. The van der Waals surface area contributed by atoms with Gasteiger partial charge in [-0.2, -0.15) is 5.10 Å². The van der Waals surface area contributed by atoms with Crippen LogP contribution in [0, 0.1) is 0 Å². The number of aromatic nitrogens is 4. The molecule has 0 aliphatic carbocycles. The highest BCUT2D eigenvalue weighted by Crippen LogP contribution is 2.23. The molecule has 0 amide bonds. The highest BCUT2D eigenvalue weighted by Gasteiger charge is 2.12. The van der Waals surface area contributed by atoms with Crippen molar-refractivity contribution in [2.45, 2.75) is 23.9 Å². The maximum Gasteiger partial charge on any atom is 0.262 e. The minimum Gasteiger partial charge on any atom is -0.385 e. The number of rotatable bonds is 8. The van der Waals surface area contributed by atoms with Crippen LogP contribution >= 0.6 is 11.8 Å². The summed E-state index contributed by atoms with van der Waals surface area (Å²) >= 11 is 1.55. The highest BCUT2D eigenvalue weighted by atomic mass is 32.2. The fraction of sp³-hybridized carbons (Fsp3) is 0.227. The first kappa shape index (κ1) is 19.4. The molecule has 6 nitrogen and oxygen atoms in total. The van der Waals surface area contributed by atoms with Gasteiger partial charge in [-0.3, -0.25) is 9.36 Å². The second-order valence-corrected chi connectivity index (χ2v) is 7.57. The molecule has 148 valence electrons. The molecular weight excluding hydrogens is 384 g/mol. The van der Waals surface area contributed by atoms with Crippen molar-refractivity contribution in [2.75, 3.05) is 13.7 Å². The van der Waals surface area contributed by atoms with E-state index < -0.39 is 0 Å². The summed E-state index contributed by atoms with van der Waals surface area (Å²) in [6, 6.07) is 17.5. The minimum atomic E-state index is -0.00539. The molecule has 0 radical (unpaired) electrons. The molecule has 29 heavy (non-hydrogen) atoms. The first-order valence-electron chi connectivity index (χ1n) is 9.46. The first-order chi connectivity index (χ1) is 14.3. The van der Waals surface area contributed by atoms with E-state index in [1.165, 1.54) is 0 Å². The lowest BCUT2D eigenvalue weighted by molar-refractivity contribution is 0.189. The Hall–Kier alpha value is -2.90. The Bertz CT molecular complexity index is 1150. The molecule has 4 rings (SSSR count). The SMILES string of the molecule is COCCCn1c(SCc2cnn(-c3ccccc3)c2)nc2ccccc2c1=O. The summed E-state index contributed by atoms with van der Waals surface area (Å²) in [5.74, 6) is 0.682. The van der Waals surface area contributed by atoms with Crippen LogP contribution in [0.3, 0.4) is 0 Å². The second-order valence-electron chi connectivity index (χ2n) is 6.63. The molecule has 0 aliphatic rings. The van der Waals surface area contributed by atoms with Crippen LogP contribution in [0.4, 0.5) is 0 Å². The minimum absolute atomic E-state index is 0.00539. The first-order valence-corrected chi connectivity index (χ1v) is 10.4. The fourth-order valence-corrected chi connectivity index (χ4v) is 4.06. The van der Waals surface area contributed by atoms with Crippen molar-refractivity contribution in [1.82, 2.24) is 19.3 Å². The molecule has 4 aromatic rings. The summed E-state index contributed by atoms with van der Waals surface area (Å²) in [7, 11) is 1.67. The van der Waals surface area contributed by atoms with Crippen LogP contribution in [0.1, 0.15) is 12.0 Å². The van der Waals surface area contributed by atoms with Gasteiger partial charge in [-0.15, -0.1) is 0 Å². The molecule has 7 heteroatoms. The van der Waals surface area contributed by atoms with Gasteiger partial charge in [-0.05, 0) is 30.7 Å². The Morgan fingerprint density at radius 2 is 1.86 bits per heavy atom. The van der Waals surface area contributed by atoms with E-state index in [0.29, 0.717) is 24.3 Å². The third kappa shape index (κ3) is 4.41. The van der Waals surface area contributed by atoms with Crippen molar-refractivity contribution in [1.29, 1.82) is 0 Å². The van der Waals surface area contributed by atoms with E-state index in [2.05, 4.69) is 5.10 Å². The fourth-order valence-electron chi connectivity index (χ4n) is 3.13. The lowest BCUT2D eigenvalue weighted by atomic mass is 10.2. The topological polar surface area (TPSA) is 61.9 Å². The van der Waals surface area contributed by atoms with Gasteiger partial charge < -0.3 is 4.74 Å². The maximum absolute atomic E-state index is 13.0. The van der Waals surface area contributed by atoms with E-state index in [1.54, 1.807) is 23.4 Å². The number of hydrogen-bond donors (Lipinski definition) is 0. The molecule has 0 bridgehead atoms. The van der Waals surface area contributed by atoms with Crippen LogP contribution in [0.2, 0.25) is 0 Å². The van der Waals surface area contributed by atoms with Gasteiger partial charge >= 0.3 is 0 Å². The van der Waals surface area contributed by atoms with Gasteiger partial charge in [0.05, 0.1) is 22.8 Å². The van der Waals surface area contributed by atoms with Gasteiger partial charge in [-0.25, -0.2) is 9.67 Å². The van der Waals surface area contributed by atoms with Crippen LogP contribution in [0.5, 0.6) is 0 Å². The Kier molecular flexibility index (Phi) is 6.07.